The standard InChI is InChI=1S/C26H34F2O3/c1-3-5-7-9-11-19-30-22-17-18-23(25(28)24(22)27)31-26(29)21-15-13-20(14-16-21)12-10-8-6-4-2/h13-18H,3-12,19H2,1-2H3. The second-order valence-corrected chi connectivity index (χ2v) is 7.85. The molecular formula is C26H34F2O3. The maximum Gasteiger partial charge on any atom is 0.343 e. The van der Waals surface area contributed by atoms with Crippen LogP contribution in [0.4, 0.5) is 8.78 Å². The van der Waals surface area contributed by atoms with Crippen LogP contribution in [-0.4, -0.2) is 12.6 Å². The lowest BCUT2D eigenvalue weighted by atomic mass is 10.0. The van der Waals surface area contributed by atoms with Crippen molar-refractivity contribution in [2.75, 3.05) is 6.61 Å². The Morgan fingerprint density at radius 2 is 1.32 bits per heavy atom. The van der Waals surface area contributed by atoms with Gasteiger partial charge in [0.1, 0.15) is 0 Å². The molecular weight excluding hydrogens is 398 g/mol. The van der Waals surface area contributed by atoms with E-state index < -0.39 is 23.4 Å². The van der Waals surface area contributed by atoms with Crippen LogP contribution in [0.2, 0.25) is 0 Å². The molecule has 2 aromatic rings. The number of halogens is 2. The fourth-order valence-electron chi connectivity index (χ4n) is 3.31. The van der Waals surface area contributed by atoms with E-state index in [1.54, 1.807) is 12.1 Å². The van der Waals surface area contributed by atoms with E-state index in [4.69, 9.17) is 9.47 Å². The van der Waals surface area contributed by atoms with Crippen molar-refractivity contribution in [1.82, 2.24) is 0 Å². The molecule has 31 heavy (non-hydrogen) atoms. The minimum absolute atomic E-state index is 0.166. The van der Waals surface area contributed by atoms with Gasteiger partial charge in [0, 0.05) is 0 Å². The quantitative estimate of drug-likeness (QED) is 0.175. The summed E-state index contributed by atoms with van der Waals surface area (Å²) in [4.78, 5) is 12.3. The maximum atomic E-state index is 14.3. The summed E-state index contributed by atoms with van der Waals surface area (Å²) in [6, 6.07) is 9.58. The molecule has 170 valence electrons. The first-order chi connectivity index (χ1) is 15.1. The van der Waals surface area contributed by atoms with Gasteiger partial charge in [-0.05, 0) is 49.1 Å². The smallest absolute Gasteiger partial charge is 0.343 e. The minimum atomic E-state index is -1.22. The van der Waals surface area contributed by atoms with E-state index in [2.05, 4.69) is 13.8 Å². The van der Waals surface area contributed by atoms with E-state index in [1.807, 2.05) is 12.1 Å². The van der Waals surface area contributed by atoms with E-state index in [0.717, 1.165) is 50.5 Å². The summed E-state index contributed by atoms with van der Waals surface area (Å²) in [7, 11) is 0. The van der Waals surface area contributed by atoms with E-state index in [1.165, 1.54) is 31.4 Å². The van der Waals surface area contributed by atoms with Gasteiger partial charge in [-0.1, -0.05) is 70.9 Å². The summed E-state index contributed by atoms with van der Waals surface area (Å²) in [6.45, 7) is 4.63. The molecule has 0 bridgehead atoms. The molecule has 2 rings (SSSR count). The molecule has 0 saturated carbocycles. The van der Waals surface area contributed by atoms with Crippen LogP contribution < -0.4 is 9.47 Å². The van der Waals surface area contributed by atoms with Gasteiger partial charge in [0.15, 0.2) is 11.5 Å². The Kier molecular flexibility index (Phi) is 11.0. The highest BCUT2D eigenvalue weighted by atomic mass is 19.2. The lowest BCUT2D eigenvalue weighted by Crippen LogP contribution is -2.10. The molecule has 0 spiro atoms. The van der Waals surface area contributed by atoms with Crippen molar-refractivity contribution in [3.05, 3.63) is 59.2 Å². The zero-order valence-electron chi connectivity index (χ0n) is 18.7. The molecule has 0 radical (unpaired) electrons. The molecule has 0 aliphatic carbocycles. The monoisotopic (exact) mass is 432 g/mol. The zero-order valence-corrected chi connectivity index (χ0v) is 18.7. The molecule has 3 nitrogen and oxygen atoms in total. The van der Waals surface area contributed by atoms with Crippen molar-refractivity contribution in [1.29, 1.82) is 0 Å². The Morgan fingerprint density at radius 1 is 0.742 bits per heavy atom. The summed E-state index contributed by atoms with van der Waals surface area (Å²) >= 11 is 0. The molecule has 0 saturated heterocycles. The van der Waals surface area contributed by atoms with Gasteiger partial charge < -0.3 is 9.47 Å². The first-order valence-corrected chi connectivity index (χ1v) is 11.5. The SMILES string of the molecule is CCCCCCCOc1ccc(OC(=O)c2ccc(CCCCCC)cc2)c(F)c1F. The molecule has 5 heteroatoms. The largest absolute Gasteiger partial charge is 0.490 e. The normalized spacial score (nSPS) is 10.8. The second-order valence-electron chi connectivity index (χ2n) is 7.85. The zero-order chi connectivity index (χ0) is 22.5. The molecule has 2 aromatic carbocycles. The van der Waals surface area contributed by atoms with Crippen molar-refractivity contribution in [3.8, 4) is 11.5 Å². The third-order valence-electron chi connectivity index (χ3n) is 5.23. The first-order valence-electron chi connectivity index (χ1n) is 11.5. The fourth-order valence-corrected chi connectivity index (χ4v) is 3.31. The van der Waals surface area contributed by atoms with E-state index in [-0.39, 0.29) is 5.75 Å². The summed E-state index contributed by atoms with van der Waals surface area (Å²) in [5, 5.41) is 0. The highest BCUT2D eigenvalue weighted by Gasteiger charge is 2.19. The lowest BCUT2D eigenvalue weighted by Gasteiger charge is -2.11. The second kappa shape index (κ2) is 13.8. The lowest BCUT2D eigenvalue weighted by molar-refractivity contribution is 0.0726. The van der Waals surface area contributed by atoms with Crippen molar-refractivity contribution in [2.45, 2.75) is 78.1 Å². The topological polar surface area (TPSA) is 35.5 Å². The van der Waals surface area contributed by atoms with Crippen LogP contribution in [0.3, 0.4) is 0 Å². The van der Waals surface area contributed by atoms with Crippen LogP contribution in [0.5, 0.6) is 11.5 Å². The van der Waals surface area contributed by atoms with Gasteiger partial charge in [-0.25, -0.2) is 4.79 Å². The van der Waals surface area contributed by atoms with Gasteiger partial charge in [-0.15, -0.1) is 0 Å². The maximum absolute atomic E-state index is 14.3. The number of ether oxygens (including phenoxy) is 2. The number of hydrogen-bond donors (Lipinski definition) is 0. The van der Waals surface area contributed by atoms with Crippen LogP contribution in [0.1, 0.15) is 87.6 Å². The van der Waals surface area contributed by atoms with Crippen LogP contribution in [-0.2, 0) is 6.42 Å². The Balaban J connectivity index is 1.89. The summed E-state index contributed by atoms with van der Waals surface area (Å²) < 4.78 is 39.1. The predicted molar refractivity (Wildman–Crippen MR) is 120 cm³/mol. The van der Waals surface area contributed by atoms with Crippen LogP contribution in [0.15, 0.2) is 36.4 Å². The Morgan fingerprint density at radius 3 is 2.00 bits per heavy atom. The number of carbonyl (C=O) groups is 1. The van der Waals surface area contributed by atoms with Gasteiger partial charge in [-0.2, -0.15) is 8.78 Å². The van der Waals surface area contributed by atoms with Crippen molar-refractivity contribution < 1.29 is 23.0 Å². The van der Waals surface area contributed by atoms with E-state index >= 15 is 0 Å². The van der Waals surface area contributed by atoms with Gasteiger partial charge >= 0.3 is 5.97 Å². The molecule has 0 aromatic heterocycles. The number of carbonyl (C=O) groups excluding carboxylic acids is 1. The molecule has 0 unspecified atom stereocenters. The van der Waals surface area contributed by atoms with Crippen molar-refractivity contribution in [3.63, 3.8) is 0 Å². The molecule has 0 aliphatic heterocycles. The van der Waals surface area contributed by atoms with Gasteiger partial charge in [0.25, 0.3) is 0 Å². The van der Waals surface area contributed by atoms with Gasteiger partial charge in [-0.3, -0.25) is 0 Å². The summed E-state index contributed by atoms with van der Waals surface area (Å²) in [5.74, 6) is -3.69. The highest BCUT2D eigenvalue weighted by Crippen LogP contribution is 2.28. The Bertz CT molecular complexity index is 803. The molecule has 0 heterocycles. The summed E-state index contributed by atoms with van der Waals surface area (Å²) in [5.41, 5.74) is 1.44. The molecule has 0 fully saturated rings. The van der Waals surface area contributed by atoms with Crippen molar-refractivity contribution in [2.24, 2.45) is 0 Å². The first kappa shape index (κ1) is 24.8. The molecule has 0 amide bonds. The van der Waals surface area contributed by atoms with Gasteiger partial charge in [0.2, 0.25) is 11.6 Å². The minimum Gasteiger partial charge on any atom is -0.490 e. The van der Waals surface area contributed by atoms with Crippen molar-refractivity contribution >= 4 is 5.97 Å². The number of hydrogen-bond acceptors (Lipinski definition) is 3. The summed E-state index contributed by atoms with van der Waals surface area (Å²) in [6.07, 6.45) is 10.8. The molecule has 0 atom stereocenters. The molecule has 0 aliphatic rings. The predicted octanol–water partition coefficient (Wildman–Crippen LogP) is 7.66. The number of rotatable bonds is 14. The average Bonchev–Trinajstić information content (AvgIpc) is 2.78. The number of esters is 1. The van der Waals surface area contributed by atoms with Crippen LogP contribution >= 0.6 is 0 Å². The number of aryl methyl sites for hydroxylation is 1. The van der Waals surface area contributed by atoms with Crippen LogP contribution in [0, 0.1) is 11.6 Å². The van der Waals surface area contributed by atoms with E-state index in [9.17, 15) is 13.6 Å². The highest BCUT2D eigenvalue weighted by molar-refractivity contribution is 5.91. The number of unbranched alkanes of at least 4 members (excludes halogenated alkanes) is 7. The number of benzene rings is 2. The van der Waals surface area contributed by atoms with E-state index in [0.29, 0.717) is 12.2 Å². The Hall–Kier alpha value is -2.43. The fraction of sp³-hybridized carbons (Fsp3) is 0.500. The third kappa shape index (κ3) is 8.31. The Labute approximate surface area is 184 Å². The molecule has 0 N–H and O–H groups in total. The van der Waals surface area contributed by atoms with Crippen LogP contribution in [0.25, 0.3) is 0 Å². The van der Waals surface area contributed by atoms with Gasteiger partial charge in [0.05, 0.1) is 12.2 Å². The third-order valence-corrected chi connectivity index (χ3v) is 5.23. The average molecular weight is 433 g/mol.